The Kier molecular flexibility index (Phi) is 3.78. The van der Waals surface area contributed by atoms with E-state index in [1.807, 2.05) is 12.1 Å². The molecule has 2 rings (SSSR count). The van der Waals surface area contributed by atoms with Crippen molar-refractivity contribution < 1.29 is 4.74 Å². The molecule has 0 aliphatic heterocycles. The molecule has 1 aromatic rings. The van der Waals surface area contributed by atoms with Gasteiger partial charge in [-0.2, -0.15) is 0 Å². The minimum Gasteiger partial charge on any atom is -0.481 e. The van der Waals surface area contributed by atoms with Crippen LogP contribution in [0.1, 0.15) is 31.4 Å². The first-order valence-electron chi connectivity index (χ1n) is 6.06. The van der Waals surface area contributed by atoms with Crippen LogP contribution < -0.4 is 10.1 Å². The number of nitrogens with zero attached hydrogens (tertiary/aromatic N) is 1. The van der Waals surface area contributed by atoms with Gasteiger partial charge in [-0.1, -0.05) is 13.0 Å². The normalized spacial score (nSPS) is 23.1. The van der Waals surface area contributed by atoms with Crippen LogP contribution in [0.3, 0.4) is 0 Å². The van der Waals surface area contributed by atoms with Gasteiger partial charge in [-0.05, 0) is 37.9 Å². The molecular weight excluding hydrogens is 200 g/mol. The average molecular weight is 220 g/mol. The fraction of sp³-hybridized carbons (Fsp3) is 0.615. The summed E-state index contributed by atoms with van der Waals surface area (Å²) in [5.74, 6) is 2.13. The van der Waals surface area contributed by atoms with Gasteiger partial charge in [0.2, 0.25) is 5.88 Å². The third-order valence-corrected chi connectivity index (χ3v) is 3.09. The molecule has 3 heteroatoms. The summed E-state index contributed by atoms with van der Waals surface area (Å²) >= 11 is 0. The Morgan fingerprint density at radius 2 is 2.38 bits per heavy atom. The highest BCUT2D eigenvalue weighted by Gasteiger charge is 2.38. The Balaban J connectivity index is 1.85. The maximum Gasteiger partial charge on any atom is 0.213 e. The summed E-state index contributed by atoms with van der Waals surface area (Å²) in [5.41, 5.74) is 1.18. The minimum absolute atomic E-state index is 0.638. The number of ether oxygens (including phenoxy) is 1. The molecule has 1 aliphatic rings. The molecule has 88 valence electrons. The number of pyridine rings is 1. The van der Waals surface area contributed by atoms with Crippen LogP contribution in [0.5, 0.6) is 5.88 Å². The quantitative estimate of drug-likeness (QED) is 0.746. The van der Waals surface area contributed by atoms with Gasteiger partial charge in [0.15, 0.2) is 0 Å². The summed E-state index contributed by atoms with van der Waals surface area (Å²) in [6.07, 6.45) is 2.46. The van der Waals surface area contributed by atoms with Crippen molar-refractivity contribution >= 4 is 0 Å². The Bertz CT molecular complexity index is 340. The van der Waals surface area contributed by atoms with Crippen LogP contribution in [0.15, 0.2) is 18.2 Å². The predicted octanol–water partition coefficient (Wildman–Crippen LogP) is 2.19. The molecule has 2 unspecified atom stereocenters. The summed E-state index contributed by atoms with van der Waals surface area (Å²) in [6, 6.07) is 6.03. The van der Waals surface area contributed by atoms with E-state index in [2.05, 4.69) is 23.3 Å². The molecule has 1 aliphatic carbocycles. The number of rotatable bonds is 6. The van der Waals surface area contributed by atoms with Crippen molar-refractivity contribution in [1.29, 1.82) is 0 Å². The highest BCUT2D eigenvalue weighted by molar-refractivity contribution is 5.23. The summed E-state index contributed by atoms with van der Waals surface area (Å²) in [6.45, 7) is 4.44. The molecule has 1 saturated carbocycles. The molecule has 1 aromatic heterocycles. The van der Waals surface area contributed by atoms with E-state index in [4.69, 9.17) is 4.74 Å². The van der Waals surface area contributed by atoms with E-state index in [-0.39, 0.29) is 0 Å². The maximum absolute atomic E-state index is 5.14. The molecule has 0 spiro atoms. The lowest BCUT2D eigenvalue weighted by molar-refractivity contribution is 0.396. The van der Waals surface area contributed by atoms with Crippen LogP contribution in [0.25, 0.3) is 0 Å². The van der Waals surface area contributed by atoms with Crippen molar-refractivity contribution in [2.75, 3.05) is 20.2 Å². The fourth-order valence-electron chi connectivity index (χ4n) is 2.05. The number of aromatic nitrogens is 1. The Morgan fingerprint density at radius 3 is 3.12 bits per heavy atom. The standard InChI is InChI=1S/C13H20N2O/c1-3-7-14-9-10-8-11(10)12-5-4-6-13(15-12)16-2/h4-6,10-11,14H,3,7-9H2,1-2H3. The SMILES string of the molecule is CCCNCC1CC1c1cccc(OC)n1. The third kappa shape index (κ3) is 2.73. The van der Waals surface area contributed by atoms with E-state index in [1.165, 1.54) is 18.5 Å². The molecule has 1 fully saturated rings. The monoisotopic (exact) mass is 220 g/mol. The Hall–Kier alpha value is -1.09. The first-order valence-corrected chi connectivity index (χ1v) is 6.06. The first-order chi connectivity index (χ1) is 7.85. The van der Waals surface area contributed by atoms with E-state index in [9.17, 15) is 0 Å². The van der Waals surface area contributed by atoms with E-state index in [0.717, 1.165) is 24.9 Å². The van der Waals surface area contributed by atoms with Gasteiger partial charge in [0.05, 0.1) is 7.11 Å². The van der Waals surface area contributed by atoms with Crippen LogP contribution in [0, 0.1) is 5.92 Å². The summed E-state index contributed by atoms with van der Waals surface area (Å²) in [4.78, 5) is 4.48. The van der Waals surface area contributed by atoms with Gasteiger partial charge < -0.3 is 10.1 Å². The molecule has 2 atom stereocenters. The average Bonchev–Trinajstić information content (AvgIpc) is 3.09. The molecular formula is C13H20N2O. The number of nitrogens with one attached hydrogen (secondary N) is 1. The van der Waals surface area contributed by atoms with Crippen LogP contribution in [-0.4, -0.2) is 25.2 Å². The summed E-state index contributed by atoms with van der Waals surface area (Å²) < 4.78 is 5.14. The maximum atomic E-state index is 5.14. The minimum atomic E-state index is 0.638. The highest BCUT2D eigenvalue weighted by atomic mass is 16.5. The van der Waals surface area contributed by atoms with Crippen molar-refractivity contribution in [3.05, 3.63) is 23.9 Å². The van der Waals surface area contributed by atoms with Gasteiger partial charge in [0, 0.05) is 17.7 Å². The summed E-state index contributed by atoms with van der Waals surface area (Å²) in [5, 5.41) is 3.47. The van der Waals surface area contributed by atoms with Crippen LogP contribution in [0.2, 0.25) is 0 Å². The number of methoxy groups -OCH3 is 1. The largest absolute Gasteiger partial charge is 0.481 e. The molecule has 1 heterocycles. The Labute approximate surface area is 97.2 Å². The van der Waals surface area contributed by atoms with Gasteiger partial charge in [0.25, 0.3) is 0 Å². The highest BCUT2D eigenvalue weighted by Crippen LogP contribution is 2.46. The van der Waals surface area contributed by atoms with Gasteiger partial charge in [-0.25, -0.2) is 4.98 Å². The lowest BCUT2D eigenvalue weighted by Crippen LogP contribution is -2.17. The molecule has 0 aromatic carbocycles. The zero-order valence-electron chi connectivity index (χ0n) is 10.1. The molecule has 0 amide bonds. The molecule has 0 saturated heterocycles. The number of hydrogen-bond donors (Lipinski definition) is 1. The molecule has 3 nitrogen and oxygen atoms in total. The molecule has 16 heavy (non-hydrogen) atoms. The van der Waals surface area contributed by atoms with Crippen molar-refractivity contribution in [1.82, 2.24) is 10.3 Å². The smallest absolute Gasteiger partial charge is 0.213 e. The lowest BCUT2D eigenvalue weighted by Gasteiger charge is -2.04. The van der Waals surface area contributed by atoms with Gasteiger partial charge in [0.1, 0.15) is 0 Å². The van der Waals surface area contributed by atoms with E-state index in [1.54, 1.807) is 7.11 Å². The van der Waals surface area contributed by atoms with Crippen molar-refractivity contribution in [3.8, 4) is 5.88 Å². The van der Waals surface area contributed by atoms with Gasteiger partial charge >= 0.3 is 0 Å². The van der Waals surface area contributed by atoms with Crippen molar-refractivity contribution in [2.45, 2.75) is 25.7 Å². The predicted molar refractivity (Wildman–Crippen MR) is 64.8 cm³/mol. The zero-order valence-corrected chi connectivity index (χ0v) is 10.1. The van der Waals surface area contributed by atoms with Crippen LogP contribution in [-0.2, 0) is 0 Å². The second-order valence-electron chi connectivity index (χ2n) is 4.41. The van der Waals surface area contributed by atoms with Gasteiger partial charge in [-0.3, -0.25) is 0 Å². The molecule has 1 N–H and O–H groups in total. The lowest BCUT2D eigenvalue weighted by atomic mass is 10.2. The molecule has 0 radical (unpaired) electrons. The van der Waals surface area contributed by atoms with Crippen molar-refractivity contribution in [2.24, 2.45) is 5.92 Å². The van der Waals surface area contributed by atoms with Gasteiger partial charge in [-0.15, -0.1) is 0 Å². The van der Waals surface area contributed by atoms with Crippen LogP contribution >= 0.6 is 0 Å². The third-order valence-electron chi connectivity index (χ3n) is 3.09. The van der Waals surface area contributed by atoms with Crippen molar-refractivity contribution in [3.63, 3.8) is 0 Å². The number of hydrogen-bond acceptors (Lipinski definition) is 3. The zero-order chi connectivity index (χ0) is 11.4. The first kappa shape index (κ1) is 11.4. The summed E-state index contributed by atoms with van der Waals surface area (Å²) in [7, 11) is 1.67. The van der Waals surface area contributed by atoms with Crippen LogP contribution in [0.4, 0.5) is 0 Å². The fourth-order valence-corrected chi connectivity index (χ4v) is 2.05. The second kappa shape index (κ2) is 5.30. The Morgan fingerprint density at radius 1 is 1.50 bits per heavy atom. The second-order valence-corrected chi connectivity index (χ2v) is 4.41. The topological polar surface area (TPSA) is 34.1 Å². The van der Waals surface area contributed by atoms with E-state index in [0.29, 0.717) is 5.92 Å². The molecule has 0 bridgehead atoms. The van der Waals surface area contributed by atoms with E-state index < -0.39 is 0 Å². The van der Waals surface area contributed by atoms with E-state index >= 15 is 0 Å².